The smallest absolute Gasteiger partial charge is 0.341 e. The average Bonchev–Trinajstić information content (AvgIpc) is 3.46. The van der Waals surface area contributed by atoms with Gasteiger partial charge in [0.2, 0.25) is 5.91 Å². The van der Waals surface area contributed by atoms with Crippen LogP contribution in [0.1, 0.15) is 16.2 Å². The van der Waals surface area contributed by atoms with Gasteiger partial charge in [-0.2, -0.15) is 0 Å². The topological polar surface area (TPSA) is 95.3 Å². The Labute approximate surface area is 225 Å². The number of aromatic nitrogens is 3. The SMILES string of the molecule is COC(=O)c1c(-c2ccccc2)csc1NC(=O)CSc1nnc(COc2cc(Cl)ccc2Cl)n1C. The van der Waals surface area contributed by atoms with E-state index in [0.717, 1.165) is 5.56 Å². The van der Waals surface area contributed by atoms with Crippen molar-refractivity contribution in [2.24, 2.45) is 7.05 Å². The maximum Gasteiger partial charge on any atom is 0.341 e. The summed E-state index contributed by atoms with van der Waals surface area (Å²) in [5.74, 6) is 0.237. The monoisotopic (exact) mass is 562 g/mol. The Bertz CT molecular complexity index is 1390. The van der Waals surface area contributed by atoms with Crippen LogP contribution in [-0.4, -0.2) is 39.5 Å². The molecule has 2 aromatic carbocycles. The number of hydrogen-bond donors (Lipinski definition) is 1. The maximum atomic E-state index is 12.7. The highest BCUT2D eigenvalue weighted by Crippen LogP contribution is 2.36. The molecule has 0 aliphatic heterocycles. The zero-order valence-electron chi connectivity index (χ0n) is 19.2. The lowest BCUT2D eigenvalue weighted by molar-refractivity contribution is -0.113. The fraction of sp³-hybridized carbons (Fsp3) is 0.167. The third kappa shape index (κ3) is 6.01. The number of halogens is 2. The molecule has 2 heterocycles. The summed E-state index contributed by atoms with van der Waals surface area (Å²) in [6, 6.07) is 14.4. The predicted molar refractivity (Wildman–Crippen MR) is 142 cm³/mol. The van der Waals surface area contributed by atoms with Crippen molar-refractivity contribution in [2.75, 3.05) is 18.2 Å². The van der Waals surface area contributed by atoms with E-state index in [4.69, 9.17) is 32.7 Å². The molecule has 2 aromatic heterocycles. The van der Waals surface area contributed by atoms with Crippen LogP contribution in [0.2, 0.25) is 10.0 Å². The number of rotatable bonds is 9. The quantitative estimate of drug-likeness (QED) is 0.199. The van der Waals surface area contributed by atoms with Gasteiger partial charge in [0.15, 0.2) is 11.0 Å². The lowest BCUT2D eigenvalue weighted by Crippen LogP contribution is -2.16. The molecule has 0 atom stereocenters. The third-order valence-electron chi connectivity index (χ3n) is 5.03. The largest absolute Gasteiger partial charge is 0.484 e. The Morgan fingerprint density at radius 2 is 1.92 bits per heavy atom. The normalized spacial score (nSPS) is 10.8. The summed E-state index contributed by atoms with van der Waals surface area (Å²) >= 11 is 14.6. The van der Waals surface area contributed by atoms with Crippen LogP contribution in [0, 0.1) is 0 Å². The van der Waals surface area contributed by atoms with Crippen molar-refractivity contribution >= 4 is 63.2 Å². The first-order valence-electron chi connectivity index (χ1n) is 10.5. The molecule has 36 heavy (non-hydrogen) atoms. The maximum absolute atomic E-state index is 12.7. The molecule has 0 unspecified atom stereocenters. The minimum atomic E-state index is -0.518. The first-order chi connectivity index (χ1) is 17.4. The summed E-state index contributed by atoms with van der Waals surface area (Å²) in [7, 11) is 3.09. The van der Waals surface area contributed by atoms with E-state index in [-0.39, 0.29) is 18.3 Å². The van der Waals surface area contributed by atoms with Crippen LogP contribution in [0.4, 0.5) is 5.00 Å². The molecule has 0 bridgehead atoms. The van der Waals surface area contributed by atoms with Gasteiger partial charge < -0.3 is 19.4 Å². The number of thioether (sulfide) groups is 1. The average molecular weight is 563 g/mol. The highest BCUT2D eigenvalue weighted by Gasteiger charge is 2.22. The molecule has 0 aliphatic carbocycles. The predicted octanol–water partition coefficient (Wildman–Crippen LogP) is 5.95. The zero-order chi connectivity index (χ0) is 25.7. The van der Waals surface area contributed by atoms with E-state index in [1.54, 1.807) is 29.8 Å². The van der Waals surface area contributed by atoms with Crippen molar-refractivity contribution in [3.63, 3.8) is 0 Å². The first-order valence-corrected chi connectivity index (χ1v) is 13.1. The second kappa shape index (κ2) is 11.8. The molecule has 1 N–H and O–H groups in total. The lowest BCUT2D eigenvalue weighted by atomic mass is 10.0. The second-order valence-electron chi connectivity index (χ2n) is 7.37. The molecule has 4 aromatic rings. The van der Waals surface area contributed by atoms with E-state index in [0.29, 0.717) is 42.9 Å². The molecule has 0 saturated carbocycles. The molecular weight excluding hydrogens is 543 g/mol. The van der Waals surface area contributed by atoms with E-state index < -0.39 is 5.97 Å². The fourth-order valence-electron chi connectivity index (χ4n) is 3.20. The van der Waals surface area contributed by atoms with Crippen molar-refractivity contribution < 1.29 is 19.1 Å². The zero-order valence-corrected chi connectivity index (χ0v) is 22.3. The van der Waals surface area contributed by atoms with Crippen LogP contribution in [0.15, 0.2) is 59.1 Å². The Hall–Kier alpha value is -3.05. The number of esters is 1. The van der Waals surface area contributed by atoms with E-state index in [2.05, 4.69) is 15.5 Å². The number of thiophene rings is 1. The Balaban J connectivity index is 1.40. The molecule has 0 saturated heterocycles. The summed E-state index contributed by atoms with van der Waals surface area (Å²) in [5.41, 5.74) is 1.88. The van der Waals surface area contributed by atoms with E-state index in [9.17, 15) is 9.59 Å². The molecule has 0 fully saturated rings. The van der Waals surface area contributed by atoms with Gasteiger partial charge >= 0.3 is 5.97 Å². The van der Waals surface area contributed by atoms with E-state index in [1.165, 1.54) is 30.2 Å². The number of ether oxygens (including phenoxy) is 2. The van der Waals surface area contributed by atoms with Crippen LogP contribution < -0.4 is 10.1 Å². The first kappa shape index (κ1) is 26.0. The highest BCUT2D eigenvalue weighted by molar-refractivity contribution is 7.99. The number of anilines is 1. The minimum Gasteiger partial charge on any atom is -0.484 e. The van der Waals surface area contributed by atoms with Gasteiger partial charge in [-0.3, -0.25) is 4.79 Å². The molecule has 0 aliphatic rings. The van der Waals surface area contributed by atoms with Gasteiger partial charge in [0.05, 0.1) is 17.9 Å². The van der Waals surface area contributed by atoms with Gasteiger partial charge in [-0.25, -0.2) is 4.79 Å². The van der Waals surface area contributed by atoms with Gasteiger partial charge in [0, 0.05) is 29.1 Å². The molecular formula is C24H20Cl2N4O4S2. The molecule has 1 amide bonds. The number of amides is 1. The Kier molecular flexibility index (Phi) is 8.52. The molecule has 0 spiro atoms. The van der Waals surface area contributed by atoms with Crippen molar-refractivity contribution in [1.82, 2.24) is 14.8 Å². The summed E-state index contributed by atoms with van der Waals surface area (Å²) < 4.78 is 12.4. The van der Waals surface area contributed by atoms with E-state index >= 15 is 0 Å². The number of methoxy groups -OCH3 is 1. The number of carbonyl (C=O) groups excluding carboxylic acids is 2. The highest BCUT2D eigenvalue weighted by atomic mass is 35.5. The summed E-state index contributed by atoms with van der Waals surface area (Å²) in [4.78, 5) is 25.2. The van der Waals surface area contributed by atoms with Crippen LogP contribution in [-0.2, 0) is 23.2 Å². The van der Waals surface area contributed by atoms with Crippen LogP contribution >= 0.6 is 46.3 Å². The standard InChI is InChI=1S/C24H20Cl2N4O4S2/c1-30-19(11-34-18-10-15(25)8-9-17(18)26)28-29-24(30)36-13-20(31)27-22-21(23(32)33-2)16(12-35-22)14-6-4-3-5-7-14/h3-10,12H,11,13H2,1-2H3,(H,27,31). The lowest BCUT2D eigenvalue weighted by Gasteiger charge is -2.09. The molecule has 0 radical (unpaired) electrons. The summed E-state index contributed by atoms with van der Waals surface area (Å²) in [6.07, 6.45) is 0. The number of benzene rings is 2. The van der Waals surface area contributed by atoms with Crippen LogP contribution in [0.25, 0.3) is 11.1 Å². The molecule has 186 valence electrons. The summed E-state index contributed by atoms with van der Waals surface area (Å²) in [5, 5.41) is 14.8. The second-order valence-corrected chi connectivity index (χ2v) is 10.0. The van der Waals surface area contributed by atoms with Crippen molar-refractivity contribution in [3.05, 3.63) is 75.3 Å². The van der Waals surface area contributed by atoms with Gasteiger partial charge in [-0.1, -0.05) is 65.3 Å². The Morgan fingerprint density at radius 1 is 1.14 bits per heavy atom. The number of hydrogen-bond acceptors (Lipinski definition) is 8. The minimum absolute atomic E-state index is 0.0616. The van der Waals surface area contributed by atoms with Crippen molar-refractivity contribution in [3.8, 4) is 16.9 Å². The Morgan fingerprint density at radius 3 is 2.67 bits per heavy atom. The van der Waals surface area contributed by atoms with Gasteiger partial charge in [0.1, 0.15) is 22.9 Å². The van der Waals surface area contributed by atoms with Gasteiger partial charge in [-0.05, 0) is 17.7 Å². The molecule has 4 rings (SSSR count). The number of nitrogens with zero attached hydrogens (tertiary/aromatic N) is 3. The van der Waals surface area contributed by atoms with Crippen molar-refractivity contribution in [1.29, 1.82) is 0 Å². The van der Waals surface area contributed by atoms with E-state index in [1.807, 2.05) is 35.7 Å². The van der Waals surface area contributed by atoms with Gasteiger partial charge in [-0.15, -0.1) is 21.5 Å². The van der Waals surface area contributed by atoms with Crippen LogP contribution in [0.3, 0.4) is 0 Å². The summed E-state index contributed by atoms with van der Waals surface area (Å²) in [6.45, 7) is 0.121. The number of nitrogens with one attached hydrogen (secondary N) is 1. The van der Waals surface area contributed by atoms with Crippen LogP contribution in [0.5, 0.6) is 5.75 Å². The van der Waals surface area contributed by atoms with Gasteiger partial charge in [0.25, 0.3) is 0 Å². The molecule has 8 nitrogen and oxygen atoms in total. The molecule has 12 heteroatoms. The number of carbonyl (C=O) groups is 2. The third-order valence-corrected chi connectivity index (χ3v) is 7.49. The van der Waals surface area contributed by atoms with Crippen molar-refractivity contribution in [2.45, 2.75) is 11.8 Å². The fourth-order valence-corrected chi connectivity index (χ4v) is 5.24.